The van der Waals surface area contributed by atoms with Gasteiger partial charge in [-0.05, 0) is 81.6 Å². The number of pyridine rings is 3. The Balaban J connectivity index is 0.00000484. The summed E-state index contributed by atoms with van der Waals surface area (Å²) < 4.78 is 2.30. The maximum Gasteiger partial charge on any atom is 0.124 e. The maximum atomic E-state index is 11.0. The number of benzene rings is 5. The molecule has 6 heteroatoms. The second-order valence-corrected chi connectivity index (χ2v) is 17.1. The van der Waals surface area contributed by atoms with Gasteiger partial charge >= 0.3 is 0 Å². The molecule has 0 aliphatic heterocycles. The second-order valence-electron chi connectivity index (χ2n) is 17.1. The molecule has 0 aliphatic rings. The minimum absolute atomic E-state index is 0. The Labute approximate surface area is 360 Å². The van der Waals surface area contributed by atoms with Crippen LogP contribution in [0.2, 0.25) is 0 Å². The van der Waals surface area contributed by atoms with Crippen LogP contribution in [0, 0.1) is 6.07 Å². The first-order chi connectivity index (χ1) is 27.9. The van der Waals surface area contributed by atoms with Gasteiger partial charge in [0.2, 0.25) is 0 Å². The van der Waals surface area contributed by atoms with E-state index in [1.54, 1.807) is 6.07 Å². The third-order valence-corrected chi connectivity index (χ3v) is 11.0. The number of aromatic hydroxyl groups is 1. The molecule has 0 radical (unpaired) electrons. The molecule has 0 atom stereocenters. The molecule has 0 spiro atoms. The molecule has 0 unspecified atom stereocenters. The van der Waals surface area contributed by atoms with Crippen LogP contribution in [0.4, 0.5) is 0 Å². The number of hydrogen-bond donors (Lipinski definition) is 1. The summed E-state index contributed by atoms with van der Waals surface area (Å²) in [6.07, 6.45) is 3.67. The van der Waals surface area contributed by atoms with E-state index in [1.165, 1.54) is 21.9 Å². The summed E-state index contributed by atoms with van der Waals surface area (Å²) in [6.45, 7) is 13.5. The van der Waals surface area contributed by atoms with Crippen LogP contribution in [0.5, 0.6) is 5.75 Å². The molecule has 0 amide bonds. The number of nitrogens with zero attached hydrogens (tertiary/aromatic N) is 4. The minimum Gasteiger partial charge on any atom is -0.507 e. The molecule has 9 rings (SSSR count). The molecule has 0 saturated heterocycles. The zero-order valence-electron chi connectivity index (χ0n) is 34.1. The van der Waals surface area contributed by atoms with E-state index in [-0.39, 0.29) is 37.6 Å². The average molecular weight is 949 g/mol. The van der Waals surface area contributed by atoms with Gasteiger partial charge in [-0.25, -0.2) is 0 Å². The van der Waals surface area contributed by atoms with Gasteiger partial charge in [0, 0.05) is 72.4 Å². The van der Waals surface area contributed by atoms with E-state index in [1.807, 2.05) is 60.9 Å². The summed E-state index contributed by atoms with van der Waals surface area (Å²) in [6, 6.07) is 53.8. The van der Waals surface area contributed by atoms with Crippen LogP contribution >= 0.6 is 0 Å². The zero-order valence-corrected chi connectivity index (χ0v) is 36.3. The summed E-state index contributed by atoms with van der Waals surface area (Å²) in [5, 5.41) is 13.4. The standard InChI is InChI=1S/C53H45N4O.Pt/c1-52(2,3)39-28-37(29-40(33-39)53(4,5)6)38-30-47(56-48(31-38)44-16-8-10-20-51(44)58)35-14-11-13-34(27-35)45-17-12-18-46(55-45)36-21-22-43-42-15-7-9-19-49(42)57(50(43)32-36)41-23-25-54-26-24-41;/h7-26,28-33,58H,1-6H3;/q-1;. The van der Waals surface area contributed by atoms with Crippen LogP contribution in [-0.4, -0.2) is 24.6 Å². The van der Waals surface area contributed by atoms with Crippen molar-refractivity contribution in [1.29, 1.82) is 0 Å². The third-order valence-electron chi connectivity index (χ3n) is 11.0. The number of rotatable bonds is 6. The van der Waals surface area contributed by atoms with Gasteiger partial charge in [-0.2, -0.15) is 0 Å². The number of phenols is 1. The molecule has 0 aliphatic carbocycles. The van der Waals surface area contributed by atoms with E-state index >= 15 is 0 Å². The number of aromatic nitrogens is 4. The molecule has 0 fully saturated rings. The fraction of sp³-hybridized carbons (Fsp3) is 0.151. The SMILES string of the molecule is CC(C)(C)c1cc(-c2cc(-c3[c-]c(-c4cccc(-c5ccc6c7ccccc7n(-c7ccncc7)c6c5)n4)ccc3)nc(-c3ccccc3O)c2)cc(C(C)(C)C)c1.[Pt]. The number of para-hydroxylation sites is 2. The van der Waals surface area contributed by atoms with E-state index < -0.39 is 0 Å². The first-order valence-corrected chi connectivity index (χ1v) is 19.8. The molecule has 0 bridgehead atoms. The summed E-state index contributed by atoms with van der Waals surface area (Å²) in [7, 11) is 0. The monoisotopic (exact) mass is 948 g/mol. The Morgan fingerprint density at radius 2 is 1.08 bits per heavy atom. The minimum atomic E-state index is -0.0418. The largest absolute Gasteiger partial charge is 0.507 e. The first-order valence-electron chi connectivity index (χ1n) is 19.8. The van der Waals surface area contributed by atoms with Crippen LogP contribution in [0.1, 0.15) is 52.7 Å². The zero-order chi connectivity index (χ0) is 40.2. The molecule has 4 aromatic heterocycles. The van der Waals surface area contributed by atoms with Crippen LogP contribution in [-0.2, 0) is 31.9 Å². The van der Waals surface area contributed by atoms with Gasteiger partial charge in [0.1, 0.15) is 5.75 Å². The van der Waals surface area contributed by atoms with Crippen molar-refractivity contribution in [1.82, 2.24) is 19.5 Å². The quantitative estimate of drug-likeness (QED) is 0.169. The molecule has 9 aromatic rings. The van der Waals surface area contributed by atoms with Gasteiger partial charge < -0.3 is 9.67 Å². The van der Waals surface area contributed by atoms with Crippen molar-refractivity contribution in [3.8, 4) is 67.6 Å². The summed E-state index contributed by atoms with van der Waals surface area (Å²) in [5.74, 6) is 0.190. The Morgan fingerprint density at radius 1 is 0.492 bits per heavy atom. The summed E-state index contributed by atoms with van der Waals surface area (Å²) in [4.78, 5) is 14.6. The van der Waals surface area contributed by atoms with Crippen molar-refractivity contribution >= 4 is 21.8 Å². The topological polar surface area (TPSA) is 63.8 Å². The molecule has 4 heterocycles. The van der Waals surface area contributed by atoms with E-state index in [0.29, 0.717) is 11.3 Å². The van der Waals surface area contributed by atoms with Crippen LogP contribution in [0.3, 0.4) is 0 Å². The Bertz CT molecular complexity index is 2960. The Kier molecular flexibility index (Phi) is 10.4. The normalized spacial score (nSPS) is 11.8. The molecular formula is C53H45N4OPt-. The summed E-state index contributed by atoms with van der Waals surface area (Å²) in [5.41, 5.74) is 14.5. The van der Waals surface area contributed by atoms with Gasteiger partial charge in [-0.3, -0.25) is 15.0 Å². The molecule has 1 N–H and O–H groups in total. The van der Waals surface area contributed by atoms with E-state index in [0.717, 1.165) is 61.6 Å². The molecule has 294 valence electrons. The average Bonchev–Trinajstić information content (AvgIpc) is 3.57. The van der Waals surface area contributed by atoms with Gasteiger partial charge in [-0.1, -0.05) is 132 Å². The molecule has 5 nitrogen and oxygen atoms in total. The van der Waals surface area contributed by atoms with E-state index in [9.17, 15) is 5.11 Å². The predicted octanol–water partition coefficient (Wildman–Crippen LogP) is 13.4. The summed E-state index contributed by atoms with van der Waals surface area (Å²) >= 11 is 0. The van der Waals surface area contributed by atoms with Crippen molar-refractivity contribution in [2.24, 2.45) is 0 Å². The predicted molar refractivity (Wildman–Crippen MR) is 239 cm³/mol. The van der Waals surface area contributed by atoms with E-state index in [4.69, 9.17) is 9.97 Å². The Morgan fingerprint density at radius 3 is 1.81 bits per heavy atom. The van der Waals surface area contributed by atoms with Crippen LogP contribution < -0.4 is 0 Å². The second kappa shape index (κ2) is 15.5. The van der Waals surface area contributed by atoms with E-state index in [2.05, 4.69) is 148 Å². The van der Waals surface area contributed by atoms with Crippen LogP contribution in [0.25, 0.3) is 83.6 Å². The Hall–Kier alpha value is -6.16. The molecule has 59 heavy (non-hydrogen) atoms. The fourth-order valence-electron chi connectivity index (χ4n) is 7.74. The number of hydrogen-bond acceptors (Lipinski definition) is 4. The van der Waals surface area contributed by atoms with Crippen molar-refractivity contribution in [3.05, 3.63) is 175 Å². The van der Waals surface area contributed by atoms with Gasteiger partial charge in [0.15, 0.2) is 0 Å². The molecule has 5 aromatic carbocycles. The van der Waals surface area contributed by atoms with Crippen LogP contribution in [0.15, 0.2) is 158 Å². The van der Waals surface area contributed by atoms with Crippen molar-refractivity contribution in [3.63, 3.8) is 0 Å². The third kappa shape index (κ3) is 7.76. The van der Waals surface area contributed by atoms with Crippen molar-refractivity contribution in [2.45, 2.75) is 52.4 Å². The van der Waals surface area contributed by atoms with Gasteiger partial charge in [-0.15, -0.1) is 24.3 Å². The van der Waals surface area contributed by atoms with Crippen molar-refractivity contribution in [2.75, 3.05) is 0 Å². The number of phenolic OH excluding ortho intramolecular Hbond substituents is 1. The van der Waals surface area contributed by atoms with Crippen molar-refractivity contribution < 1.29 is 26.2 Å². The molecular weight excluding hydrogens is 904 g/mol. The number of fused-ring (bicyclic) bond motifs is 3. The fourth-order valence-corrected chi connectivity index (χ4v) is 7.74. The van der Waals surface area contributed by atoms with Gasteiger partial charge in [0.25, 0.3) is 0 Å². The van der Waals surface area contributed by atoms with Gasteiger partial charge in [0.05, 0.1) is 22.4 Å². The first kappa shape index (κ1) is 39.7. The molecule has 0 saturated carbocycles. The maximum absolute atomic E-state index is 11.0. The smallest absolute Gasteiger partial charge is 0.124 e.